The van der Waals surface area contributed by atoms with Crippen LogP contribution in [0.4, 0.5) is 0 Å². The van der Waals surface area contributed by atoms with E-state index in [9.17, 15) is 0 Å². The Kier molecular flexibility index (Phi) is 5.56. The molecule has 19 heavy (non-hydrogen) atoms. The molecule has 0 N–H and O–H groups in total. The van der Waals surface area contributed by atoms with Gasteiger partial charge >= 0.3 is 0 Å². The van der Waals surface area contributed by atoms with E-state index in [2.05, 4.69) is 28.9 Å². The first-order chi connectivity index (χ1) is 9.28. The zero-order valence-corrected chi connectivity index (χ0v) is 13.4. The molecular formula is C16H23BrO2. The van der Waals surface area contributed by atoms with E-state index < -0.39 is 0 Å². The van der Waals surface area contributed by atoms with Crippen LogP contribution < -0.4 is 9.47 Å². The van der Waals surface area contributed by atoms with Gasteiger partial charge in [-0.2, -0.15) is 0 Å². The number of halogens is 1. The number of hydrogen-bond donors (Lipinski definition) is 0. The summed E-state index contributed by atoms with van der Waals surface area (Å²) in [4.78, 5) is 0. The Hall–Kier alpha value is -0.700. The van der Waals surface area contributed by atoms with Crippen LogP contribution in [0.5, 0.6) is 11.5 Å². The van der Waals surface area contributed by atoms with E-state index in [4.69, 9.17) is 9.47 Å². The Morgan fingerprint density at radius 1 is 1.32 bits per heavy atom. The normalized spacial score (nSPS) is 23.1. The van der Waals surface area contributed by atoms with Gasteiger partial charge in [-0.1, -0.05) is 47.8 Å². The SMILES string of the molecule is CCC1CCCC(Oc2c(CBr)cccc2OC)C1. The predicted octanol–water partition coefficient (Wildman–Crippen LogP) is 4.94. The molecule has 1 saturated carbocycles. The second-order valence-corrected chi connectivity index (χ2v) is 5.82. The summed E-state index contributed by atoms with van der Waals surface area (Å²) >= 11 is 3.53. The van der Waals surface area contributed by atoms with Crippen molar-refractivity contribution in [3.63, 3.8) is 0 Å². The van der Waals surface area contributed by atoms with E-state index in [0.717, 1.165) is 34.7 Å². The maximum atomic E-state index is 6.28. The molecule has 2 rings (SSSR count). The van der Waals surface area contributed by atoms with E-state index in [1.54, 1.807) is 7.11 Å². The van der Waals surface area contributed by atoms with Crippen LogP contribution >= 0.6 is 15.9 Å². The minimum Gasteiger partial charge on any atom is -0.493 e. The lowest BCUT2D eigenvalue weighted by atomic mass is 9.85. The molecule has 2 atom stereocenters. The van der Waals surface area contributed by atoms with Gasteiger partial charge < -0.3 is 9.47 Å². The molecule has 3 heteroatoms. The van der Waals surface area contributed by atoms with Gasteiger partial charge in [0.2, 0.25) is 0 Å². The molecule has 1 aromatic carbocycles. The first-order valence-electron chi connectivity index (χ1n) is 7.17. The van der Waals surface area contributed by atoms with Crippen molar-refractivity contribution in [3.8, 4) is 11.5 Å². The summed E-state index contributed by atoms with van der Waals surface area (Å²) in [6.07, 6.45) is 6.58. The van der Waals surface area contributed by atoms with E-state index >= 15 is 0 Å². The van der Waals surface area contributed by atoms with Crippen LogP contribution in [-0.2, 0) is 5.33 Å². The second kappa shape index (κ2) is 7.18. The monoisotopic (exact) mass is 326 g/mol. The number of methoxy groups -OCH3 is 1. The largest absolute Gasteiger partial charge is 0.493 e. The van der Waals surface area contributed by atoms with Crippen molar-refractivity contribution in [2.75, 3.05) is 7.11 Å². The second-order valence-electron chi connectivity index (χ2n) is 5.26. The molecule has 106 valence electrons. The highest BCUT2D eigenvalue weighted by Crippen LogP contribution is 2.36. The van der Waals surface area contributed by atoms with Crippen LogP contribution in [-0.4, -0.2) is 13.2 Å². The van der Waals surface area contributed by atoms with E-state index in [1.165, 1.54) is 25.7 Å². The molecule has 1 aliphatic carbocycles. The number of rotatable bonds is 5. The molecule has 0 radical (unpaired) electrons. The van der Waals surface area contributed by atoms with Gasteiger partial charge in [0, 0.05) is 10.9 Å². The minimum atomic E-state index is 0.341. The van der Waals surface area contributed by atoms with E-state index in [1.807, 2.05) is 12.1 Å². The molecule has 0 heterocycles. The topological polar surface area (TPSA) is 18.5 Å². The van der Waals surface area contributed by atoms with Gasteiger partial charge in [0.05, 0.1) is 13.2 Å². The van der Waals surface area contributed by atoms with Crippen molar-refractivity contribution >= 4 is 15.9 Å². The molecule has 2 unspecified atom stereocenters. The molecule has 2 nitrogen and oxygen atoms in total. The fourth-order valence-corrected chi connectivity index (χ4v) is 3.29. The standard InChI is InChI=1S/C16H23BrO2/c1-3-12-6-4-8-14(10-12)19-16-13(11-17)7-5-9-15(16)18-2/h5,7,9,12,14H,3-4,6,8,10-11H2,1-2H3. The Labute approximate surface area is 124 Å². The third kappa shape index (κ3) is 3.65. The van der Waals surface area contributed by atoms with Gasteiger partial charge in [0.1, 0.15) is 0 Å². The maximum absolute atomic E-state index is 6.28. The zero-order chi connectivity index (χ0) is 13.7. The minimum absolute atomic E-state index is 0.341. The van der Waals surface area contributed by atoms with Crippen molar-refractivity contribution in [3.05, 3.63) is 23.8 Å². The Balaban J connectivity index is 2.13. The summed E-state index contributed by atoms with van der Waals surface area (Å²) in [7, 11) is 1.70. The summed E-state index contributed by atoms with van der Waals surface area (Å²) in [6, 6.07) is 6.08. The molecule has 0 aromatic heterocycles. The van der Waals surface area contributed by atoms with Crippen LogP contribution in [0.15, 0.2) is 18.2 Å². The number of para-hydroxylation sites is 1. The molecule has 0 amide bonds. The summed E-state index contributed by atoms with van der Waals surface area (Å²) < 4.78 is 11.7. The van der Waals surface area contributed by atoms with Crippen LogP contribution in [0.1, 0.15) is 44.6 Å². The number of hydrogen-bond acceptors (Lipinski definition) is 2. The molecule has 0 saturated heterocycles. The smallest absolute Gasteiger partial charge is 0.165 e. The first kappa shape index (κ1) is 14.7. The highest BCUT2D eigenvalue weighted by molar-refractivity contribution is 9.08. The number of alkyl halides is 1. The quantitative estimate of drug-likeness (QED) is 0.713. The molecule has 0 spiro atoms. The third-order valence-corrected chi connectivity index (χ3v) is 4.63. The summed E-state index contributed by atoms with van der Waals surface area (Å²) in [5, 5.41) is 0.795. The zero-order valence-electron chi connectivity index (χ0n) is 11.8. The fraction of sp³-hybridized carbons (Fsp3) is 0.625. The van der Waals surface area contributed by atoms with Gasteiger partial charge in [0.25, 0.3) is 0 Å². The van der Waals surface area contributed by atoms with Gasteiger partial charge in [0.15, 0.2) is 11.5 Å². The Morgan fingerprint density at radius 2 is 2.16 bits per heavy atom. The summed E-state index contributed by atoms with van der Waals surface area (Å²) in [5.41, 5.74) is 1.16. The highest BCUT2D eigenvalue weighted by atomic mass is 79.9. The Bertz CT molecular complexity index is 383. The molecule has 0 bridgehead atoms. The lowest BCUT2D eigenvalue weighted by Gasteiger charge is -2.30. The summed E-state index contributed by atoms with van der Waals surface area (Å²) in [5.74, 6) is 2.58. The van der Waals surface area contributed by atoms with Crippen molar-refractivity contribution in [2.45, 2.75) is 50.5 Å². The number of benzene rings is 1. The molecule has 1 aromatic rings. The lowest BCUT2D eigenvalue weighted by Crippen LogP contribution is -2.25. The maximum Gasteiger partial charge on any atom is 0.165 e. The predicted molar refractivity (Wildman–Crippen MR) is 82.3 cm³/mol. The third-order valence-electron chi connectivity index (χ3n) is 4.02. The molecule has 1 aliphatic rings. The average molecular weight is 327 g/mol. The Morgan fingerprint density at radius 3 is 2.84 bits per heavy atom. The molecule has 1 fully saturated rings. The van der Waals surface area contributed by atoms with Crippen LogP contribution in [0.25, 0.3) is 0 Å². The van der Waals surface area contributed by atoms with E-state index in [0.29, 0.717) is 6.10 Å². The molecular weight excluding hydrogens is 304 g/mol. The van der Waals surface area contributed by atoms with Crippen LogP contribution in [0, 0.1) is 5.92 Å². The van der Waals surface area contributed by atoms with E-state index in [-0.39, 0.29) is 0 Å². The van der Waals surface area contributed by atoms with Crippen molar-refractivity contribution < 1.29 is 9.47 Å². The van der Waals surface area contributed by atoms with Crippen LogP contribution in [0.2, 0.25) is 0 Å². The van der Waals surface area contributed by atoms with Crippen molar-refractivity contribution in [1.82, 2.24) is 0 Å². The van der Waals surface area contributed by atoms with Gasteiger partial charge in [-0.15, -0.1) is 0 Å². The lowest BCUT2D eigenvalue weighted by molar-refractivity contribution is 0.117. The van der Waals surface area contributed by atoms with Crippen molar-refractivity contribution in [1.29, 1.82) is 0 Å². The first-order valence-corrected chi connectivity index (χ1v) is 8.29. The van der Waals surface area contributed by atoms with Gasteiger partial charge in [-0.25, -0.2) is 0 Å². The van der Waals surface area contributed by atoms with Crippen molar-refractivity contribution in [2.24, 2.45) is 5.92 Å². The van der Waals surface area contributed by atoms with Crippen LogP contribution in [0.3, 0.4) is 0 Å². The fourth-order valence-electron chi connectivity index (χ4n) is 2.85. The highest BCUT2D eigenvalue weighted by Gasteiger charge is 2.24. The average Bonchev–Trinajstić information content (AvgIpc) is 2.47. The summed E-state index contributed by atoms with van der Waals surface area (Å²) in [6.45, 7) is 2.28. The molecule has 0 aliphatic heterocycles. The van der Waals surface area contributed by atoms with Gasteiger partial charge in [-0.05, 0) is 31.2 Å². The number of ether oxygens (including phenoxy) is 2. The van der Waals surface area contributed by atoms with Gasteiger partial charge in [-0.3, -0.25) is 0 Å².